The third kappa shape index (κ3) is 3.34. The molecule has 7 heteroatoms. The molecule has 2 N–H and O–H groups in total. The number of nitrogens with one attached hydrogen (secondary N) is 1. The van der Waals surface area contributed by atoms with Crippen molar-refractivity contribution in [2.75, 3.05) is 6.54 Å². The van der Waals surface area contributed by atoms with E-state index in [2.05, 4.69) is 5.32 Å². The van der Waals surface area contributed by atoms with Gasteiger partial charge in [-0.15, -0.1) is 0 Å². The van der Waals surface area contributed by atoms with Gasteiger partial charge in [-0.05, 0) is 36.2 Å². The second-order valence-electron chi connectivity index (χ2n) is 5.62. The van der Waals surface area contributed by atoms with Crippen molar-refractivity contribution in [3.05, 3.63) is 70.2 Å². The molecule has 1 atom stereocenters. The summed E-state index contributed by atoms with van der Waals surface area (Å²) in [6.07, 6.45) is -0.912. The Bertz CT molecular complexity index is 817. The lowest BCUT2D eigenvalue weighted by molar-refractivity contribution is 0.0575. The quantitative estimate of drug-likeness (QED) is 0.802. The van der Waals surface area contributed by atoms with Crippen molar-refractivity contribution < 1.29 is 19.5 Å². The fourth-order valence-corrected chi connectivity index (χ4v) is 3.16. The van der Waals surface area contributed by atoms with Crippen molar-refractivity contribution in [1.82, 2.24) is 10.2 Å². The molecule has 0 radical (unpaired) electrons. The van der Waals surface area contributed by atoms with Crippen LogP contribution in [0.3, 0.4) is 0 Å². The van der Waals surface area contributed by atoms with E-state index in [0.717, 1.165) is 0 Å². The average Bonchev–Trinajstić information content (AvgIpc) is 2.83. The fraction of sp³-hybridized carbons (Fsp3) is 0.167. The summed E-state index contributed by atoms with van der Waals surface area (Å²) in [6.45, 7) is 0.0971. The van der Waals surface area contributed by atoms with Gasteiger partial charge in [-0.1, -0.05) is 35.9 Å². The number of nitrogens with zero attached hydrogens (tertiary/aromatic N) is 1. The molecule has 0 aliphatic carbocycles. The number of benzene rings is 2. The molecule has 0 saturated carbocycles. The molecule has 0 bridgehead atoms. The molecule has 1 heterocycles. The first-order valence-corrected chi connectivity index (χ1v) is 8.06. The Morgan fingerprint density at radius 1 is 1.08 bits per heavy atom. The van der Waals surface area contributed by atoms with Crippen LogP contribution >= 0.6 is 11.6 Å². The molecular weight excluding hydrogens is 344 g/mol. The Labute approximate surface area is 149 Å². The summed E-state index contributed by atoms with van der Waals surface area (Å²) in [4.78, 5) is 37.4. The highest BCUT2D eigenvalue weighted by Gasteiger charge is 2.40. The smallest absolute Gasteiger partial charge is 0.404 e. The van der Waals surface area contributed by atoms with Crippen LogP contribution in [0.2, 0.25) is 5.02 Å². The first kappa shape index (κ1) is 17.0. The molecule has 128 valence electrons. The van der Waals surface area contributed by atoms with Crippen molar-refractivity contribution in [2.45, 2.75) is 12.5 Å². The van der Waals surface area contributed by atoms with Crippen molar-refractivity contribution in [3.63, 3.8) is 0 Å². The summed E-state index contributed by atoms with van der Waals surface area (Å²) in [6, 6.07) is 12.9. The lowest BCUT2D eigenvalue weighted by Crippen LogP contribution is -2.36. The van der Waals surface area contributed by atoms with Gasteiger partial charge in [-0.3, -0.25) is 14.5 Å². The zero-order chi connectivity index (χ0) is 18.0. The van der Waals surface area contributed by atoms with E-state index in [0.29, 0.717) is 21.7 Å². The number of hydrogen-bond acceptors (Lipinski definition) is 3. The number of amides is 3. The van der Waals surface area contributed by atoms with Crippen LogP contribution in [0, 0.1) is 0 Å². The first-order chi connectivity index (χ1) is 12.0. The van der Waals surface area contributed by atoms with E-state index in [4.69, 9.17) is 16.7 Å². The Kier molecular flexibility index (Phi) is 4.72. The van der Waals surface area contributed by atoms with Gasteiger partial charge in [-0.2, -0.15) is 0 Å². The zero-order valence-corrected chi connectivity index (χ0v) is 13.9. The molecule has 1 unspecified atom stereocenters. The van der Waals surface area contributed by atoms with Gasteiger partial charge in [0.2, 0.25) is 0 Å². The molecule has 3 amide bonds. The van der Waals surface area contributed by atoms with Gasteiger partial charge in [0.1, 0.15) is 0 Å². The van der Waals surface area contributed by atoms with Gasteiger partial charge in [0, 0.05) is 11.6 Å². The van der Waals surface area contributed by atoms with E-state index < -0.39 is 12.1 Å². The number of rotatable bonds is 5. The summed E-state index contributed by atoms with van der Waals surface area (Å²) < 4.78 is 0. The van der Waals surface area contributed by atoms with Crippen LogP contribution in [0.15, 0.2) is 48.5 Å². The second-order valence-corrected chi connectivity index (χ2v) is 6.05. The second kappa shape index (κ2) is 6.94. The van der Waals surface area contributed by atoms with Crippen LogP contribution in [0.4, 0.5) is 4.79 Å². The molecule has 2 aromatic carbocycles. The number of carbonyl (C=O) groups is 3. The van der Waals surface area contributed by atoms with E-state index >= 15 is 0 Å². The number of carbonyl (C=O) groups excluding carboxylic acids is 2. The minimum atomic E-state index is -1.16. The average molecular weight is 359 g/mol. The molecule has 2 aromatic rings. The number of hydrogen-bond donors (Lipinski definition) is 2. The Morgan fingerprint density at radius 2 is 1.72 bits per heavy atom. The Balaban J connectivity index is 1.96. The van der Waals surface area contributed by atoms with Gasteiger partial charge < -0.3 is 10.4 Å². The number of imide groups is 1. The maximum Gasteiger partial charge on any atom is 0.404 e. The lowest BCUT2D eigenvalue weighted by Gasteiger charge is -2.27. The maximum absolute atomic E-state index is 12.7. The summed E-state index contributed by atoms with van der Waals surface area (Å²) in [5.74, 6) is -0.776. The van der Waals surface area contributed by atoms with Crippen molar-refractivity contribution >= 4 is 29.5 Å². The predicted octanol–water partition coefficient (Wildman–Crippen LogP) is 3.34. The van der Waals surface area contributed by atoms with Gasteiger partial charge in [0.05, 0.1) is 17.2 Å². The molecule has 1 aliphatic rings. The summed E-state index contributed by atoms with van der Waals surface area (Å²) in [5, 5.41) is 11.5. The van der Waals surface area contributed by atoms with Gasteiger partial charge in [-0.25, -0.2) is 4.79 Å². The summed E-state index contributed by atoms with van der Waals surface area (Å²) >= 11 is 6.04. The fourth-order valence-electron chi connectivity index (χ4n) is 2.97. The molecule has 0 fully saturated rings. The Hall–Kier alpha value is -2.86. The monoisotopic (exact) mass is 358 g/mol. The minimum Gasteiger partial charge on any atom is -0.465 e. The van der Waals surface area contributed by atoms with Crippen molar-refractivity contribution in [3.8, 4) is 0 Å². The van der Waals surface area contributed by atoms with Crippen LogP contribution in [0.25, 0.3) is 0 Å². The molecule has 0 aromatic heterocycles. The summed E-state index contributed by atoms with van der Waals surface area (Å²) in [5.41, 5.74) is 1.38. The number of carboxylic acid groups (broad SMARTS) is 1. The number of halogens is 1. The van der Waals surface area contributed by atoms with Crippen LogP contribution in [0.5, 0.6) is 0 Å². The van der Waals surface area contributed by atoms with Crippen LogP contribution in [-0.2, 0) is 0 Å². The molecule has 25 heavy (non-hydrogen) atoms. The predicted molar refractivity (Wildman–Crippen MR) is 91.8 cm³/mol. The number of fused-ring (bicyclic) bond motifs is 1. The Morgan fingerprint density at radius 3 is 2.28 bits per heavy atom. The lowest BCUT2D eigenvalue weighted by atomic mass is 10.0. The van der Waals surface area contributed by atoms with Crippen LogP contribution < -0.4 is 5.32 Å². The van der Waals surface area contributed by atoms with Gasteiger partial charge in [0.15, 0.2) is 0 Å². The van der Waals surface area contributed by atoms with E-state index in [9.17, 15) is 14.4 Å². The minimum absolute atomic E-state index is 0.0971. The molecule has 0 saturated heterocycles. The first-order valence-electron chi connectivity index (χ1n) is 7.68. The van der Waals surface area contributed by atoms with E-state index in [-0.39, 0.29) is 24.8 Å². The summed E-state index contributed by atoms with van der Waals surface area (Å²) in [7, 11) is 0. The molecule has 6 nitrogen and oxygen atoms in total. The van der Waals surface area contributed by atoms with E-state index in [1.165, 1.54) is 4.90 Å². The standard InChI is InChI=1S/C18H15ClN2O4/c19-12-5-3-4-11(10-12)15(8-9-20-18(24)25)21-16(22)13-6-1-2-7-14(13)17(21)23/h1-7,10,15,20H,8-9H2,(H,24,25). The van der Waals surface area contributed by atoms with Crippen LogP contribution in [0.1, 0.15) is 38.7 Å². The normalized spacial score (nSPS) is 14.4. The topological polar surface area (TPSA) is 86.7 Å². The van der Waals surface area contributed by atoms with E-state index in [1.807, 2.05) is 0 Å². The van der Waals surface area contributed by atoms with E-state index in [1.54, 1.807) is 48.5 Å². The molecule has 3 rings (SSSR count). The highest BCUT2D eigenvalue weighted by molar-refractivity contribution is 6.30. The largest absolute Gasteiger partial charge is 0.465 e. The third-order valence-corrected chi connectivity index (χ3v) is 4.30. The van der Waals surface area contributed by atoms with Gasteiger partial charge in [0.25, 0.3) is 11.8 Å². The third-order valence-electron chi connectivity index (χ3n) is 4.06. The van der Waals surface area contributed by atoms with Crippen molar-refractivity contribution in [1.29, 1.82) is 0 Å². The molecule has 0 spiro atoms. The highest BCUT2D eigenvalue weighted by atomic mass is 35.5. The van der Waals surface area contributed by atoms with Crippen LogP contribution in [-0.4, -0.2) is 34.5 Å². The maximum atomic E-state index is 12.7. The highest BCUT2D eigenvalue weighted by Crippen LogP contribution is 2.34. The zero-order valence-electron chi connectivity index (χ0n) is 13.1. The van der Waals surface area contributed by atoms with Gasteiger partial charge >= 0.3 is 6.09 Å². The van der Waals surface area contributed by atoms with Crippen molar-refractivity contribution in [2.24, 2.45) is 0 Å². The molecule has 1 aliphatic heterocycles. The molecular formula is C18H15ClN2O4. The SMILES string of the molecule is O=C(O)NCCC(c1cccc(Cl)c1)N1C(=O)c2ccccc2C1=O.